The number of piperidine rings is 1. The summed E-state index contributed by atoms with van der Waals surface area (Å²) >= 11 is 0. The topological polar surface area (TPSA) is 45.2 Å². The second-order valence-corrected chi connectivity index (χ2v) is 9.84. The first-order valence-corrected chi connectivity index (χ1v) is 12.4. The van der Waals surface area contributed by atoms with Crippen LogP contribution in [0.1, 0.15) is 83.7 Å². The average molecular weight is 474 g/mol. The summed E-state index contributed by atoms with van der Waals surface area (Å²) in [7, 11) is 0. The summed E-state index contributed by atoms with van der Waals surface area (Å²) in [5.41, 5.74) is 2.74. The number of nitrogens with zero attached hydrogens (tertiary/aromatic N) is 2. The highest BCUT2D eigenvalue weighted by molar-refractivity contribution is 5.95. The minimum atomic E-state index is -4.31. The zero-order chi connectivity index (χ0) is 24.1. The molecule has 4 nitrogen and oxygen atoms in total. The van der Waals surface area contributed by atoms with Crippen molar-refractivity contribution in [3.63, 3.8) is 0 Å². The van der Waals surface area contributed by atoms with Crippen molar-refractivity contribution >= 4 is 5.91 Å². The van der Waals surface area contributed by atoms with Crippen LogP contribution in [0.25, 0.3) is 0 Å². The van der Waals surface area contributed by atoms with Crippen LogP contribution in [0.5, 0.6) is 0 Å². The summed E-state index contributed by atoms with van der Waals surface area (Å²) < 4.78 is 38.4. The molecule has 0 unspecified atom stereocenters. The molecule has 0 bridgehead atoms. The minimum Gasteiger partial charge on any atom is -0.352 e. The van der Waals surface area contributed by atoms with Crippen LogP contribution in [0.2, 0.25) is 0 Å². The molecule has 4 rings (SSSR count). The normalized spacial score (nSPS) is 18.7. The van der Waals surface area contributed by atoms with Crippen LogP contribution in [0.3, 0.4) is 0 Å². The molecule has 1 N–H and O–H groups in total. The van der Waals surface area contributed by atoms with Crippen molar-refractivity contribution in [2.75, 3.05) is 19.6 Å². The van der Waals surface area contributed by atoms with E-state index in [0.29, 0.717) is 18.0 Å². The molecule has 1 aromatic heterocycles. The molecule has 1 aromatic carbocycles. The van der Waals surface area contributed by atoms with Crippen LogP contribution < -0.4 is 5.32 Å². The van der Waals surface area contributed by atoms with E-state index in [0.717, 1.165) is 61.6 Å². The number of nitrogens with one attached hydrogen (secondary N) is 1. The molecule has 2 heterocycles. The second-order valence-electron chi connectivity index (χ2n) is 9.84. The number of rotatable bonds is 6. The molecule has 7 heteroatoms. The number of likely N-dealkylation sites (tertiary alicyclic amines) is 1. The molecule has 184 valence electrons. The van der Waals surface area contributed by atoms with Crippen molar-refractivity contribution < 1.29 is 18.0 Å². The van der Waals surface area contributed by atoms with Crippen molar-refractivity contribution in [1.29, 1.82) is 0 Å². The number of aryl methyl sites for hydroxylation is 1. The Balaban J connectivity index is 1.35. The van der Waals surface area contributed by atoms with Crippen LogP contribution in [0.4, 0.5) is 13.2 Å². The first-order chi connectivity index (χ1) is 16.3. The Hall–Kier alpha value is -2.41. The lowest BCUT2D eigenvalue weighted by atomic mass is 9.88. The van der Waals surface area contributed by atoms with Crippen molar-refractivity contribution in [3.8, 4) is 0 Å². The number of halogens is 3. The number of aromatic nitrogens is 1. The Morgan fingerprint density at radius 3 is 2.32 bits per heavy atom. The molecule has 1 saturated carbocycles. The number of amides is 1. The van der Waals surface area contributed by atoms with Crippen molar-refractivity contribution in [2.45, 2.75) is 70.5 Å². The van der Waals surface area contributed by atoms with Crippen LogP contribution in [0.15, 0.2) is 36.4 Å². The maximum Gasteiger partial charge on any atom is 0.416 e. The van der Waals surface area contributed by atoms with Gasteiger partial charge in [-0.05, 0) is 81.4 Å². The molecule has 2 aromatic rings. The zero-order valence-electron chi connectivity index (χ0n) is 19.8. The molecule has 0 radical (unpaired) electrons. The van der Waals surface area contributed by atoms with E-state index in [2.05, 4.69) is 10.2 Å². The molecule has 1 aliphatic heterocycles. The van der Waals surface area contributed by atoms with Gasteiger partial charge in [0, 0.05) is 24.7 Å². The predicted octanol–water partition coefficient (Wildman–Crippen LogP) is 6.10. The van der Waals surface area contributed by atoms with Gasteiger partial charge in [-0.25, -0.2) is 0 Å². The molecule has 2 aliphatic rings. The quantitative estimate of drug-likeness (QED) is 0.552. The minimum absolute atomic E-state index is 0.0275. The lowest BCUT2D eigenvalue weighted by Gasteiger charge is -2.32. The SMILES string of the molecule is Cc1ccc(C(=O)NCC2CCCCC2)c(C2CCN(Cc3ccc(C(F)(F)F)cc3)CC2)n1. The maximum atomic E-state index is 13.0. The number of benzene rings is 1. The summed E-state index contributed by atoms with van der Waals surface area (Å²) in [5.74, 6) is 0.757. The Morgan fingerprint density at radius 1 is 1.00 bits per heavy atom. The van der Waals surface area contributed by atoms with E-state index in [1.807, 2.05) is 19.1 Å². The van der Waals surface area contributed by atoms with E-state index < -0.39 is 11.7 Å². The van der Waals surface area contributed by atoms with Gasteiger partial charge in [0.2, 0.25) is 0 Å². The maximum absolute atomic E-state index is 13.0. The van der Waals surface area contributed by atoms with E-state index in [-0.39, 0.29) is 11.8 Å². The smallest absolute Gasteiger partial charge is 0.352 e. The molecular formula is C27H34F3N3O. The highest BCUT2D eigenvalue weighted by atomic mass is 19.4. The molecule has 2 fully saturated rings. The summed E-state index contributed by atoms with van der Waals surface area (Å²) in [6.07, 6.45) is 3.63. The third-order valence-corrected chi connectivity index (χ3v) is 7.25. The van der Waals surface area contributed by atoms with Gasteiger partial charge in [-0.2, -0.15) is 13.2 Å². The van der Waals surface area contributed by atoms with Crippen LogP contribution in [-0.4, -0.2) is 35.4 Å². The summed E-state index contributed by atoms with van der Waals surface area (Å²) in [5, 5.41) is 3.15. The van der Waals surface area contributed by atoms with Gasteiger partial charge in [-0.1, -0.05) is 31.4 Å². The lowest BCUT2D eigenvalue weighted by molar-refractivity contribution is -0.137. The summed E-state index contributed by atoms with van der Waals surface area (Å²) in [6.45, 7) is 4.96. The first kappa shape index (κ1) is 24.7. The fraction of sp³-hybridized carbons (Fsp3) is 0.556. The molecule has 0 spiro atoms. The number of carbonyl (C=O) groups excluding carboxylic acids is 1. The van der Waals surface area contributed by atoms with Crippen LogP contribution in [-0.2, 0) is 12.7 Å². The van der Waals surface area contributed by atoms with E-state index in [4.69, 9.17) is 4.98 Å². The Kier molecular flexibility index (Phi) is 7.91. The monoisotopic (exact) mass is 473 g/mol. The van der Waals surface area contributed by atoms with Crippen molar-refractivity contribution in [1.82, 2.24) is 15.2 Å². The largest absolute Gasteiger partial charge is 0.416 e. The number of hydrogen-bond acceptors (Lipinski definition) is 3. The Labute approximate surface area is 200 Å². The molecule has 1 aliphatic carbocycles. The van der Waals surface area contributed by atoms with E-state index in [9.17, 15) is 18.0 Å². The molecular weight excluding hydrogens is 439 g/mol. The second kappa shape index (κ2) is 10.9. The highest BCUT2D eigenvalue weighted by Crippen LogP contribution is 2.32. The van der Waals surface area contributed by atoms with E-state index in [1.165, 1.54) is 32.1 Å². The van der Waals surface area contributed by atoms with Gasteiger partial charge in [0.15, 0.2) is 0 Å². The zero-order valence-corrected chi connectivity index (χ0v) is 19.8. The Bertz CT molecular complexity index is 960. The molecule has 1 amide bonds. The number of carbonyl (C=O) groups is 1. The van der Waals surface area contributed by atoms with E-state index >= 15 is 0 Å². The van der Waals surface area contributed by atoms with Gasteiger partial charge in [0.1, 0.15) is 0 Å². The van der Waals surface area contributed by atoms with Gasteiger partial charge >= 0.3 is 6.18 Å². The number of pyridine rings is 1. The number of hydrogen-bond donors (Lipinski definition) is 1. The lowest BCUT2D eigenvalue weighted by Crippen LogP contribution is -2.35. The molecule has 1 saturated heterocycles. The summed E-state index contributed by atoms with van der Waals surface area (Å²) in [4.78, 5) is 20.1. The third kappa shape index (κ3) is 6.38. The van der Waals surface area contributed by atoms with Gasteiger partial charge in [0.05, 0.1) is 16.8 Å². The summed E-state index contributed by atoms with van der Waals surface area (Å²) in [6, 6.07) is 9.23. The first-order valence-electron chi connectivity index (χ1n) is 12.4. The highest BCUT2D eigenvalue weighted by Gasteiger charge is 2.30. The van der Waals surface area contributed by atoms with Gasteiger partial charge < -0.3 is 5.32 Å². The average Bonchev–Trinajstić information content (AvgIpc) is 2.83. The molecule has 0 atom stereocenters. The molecule has 34 heavy (non-hydrogen) atoms. The van der Waals surface area contributed by atoms with E-state index in [1.54, 1.807) is 12.1 Å². The van der Waals surface area contributed by atoms with Crippen LogP contribution in [0, 0.1) is 12.8 Å². The van der Waals surface area contributed by atoms with Gasteiger partial charge in [0.25, 0.3) is 5.91 Å². The van der Waals surface area contributed by atoms with Crippen LogP contribution >= 0.6 is 0 Å². The van der Waals surface area contributed by atoms with Gasteiger partial charge in [-0.15, -0.1) is 0 Å². The van der Waals surface area contributed by atoms with Crippen molar-refractivity contribution in [3.05, 3.63) is 64.5 Å². The predicted molar refractivity (Wildman–Crippen MR) is 127 cm³/mol. The fourth-order valence-electron chi connectivity index (χ4n) is 5.23. The van der Waals surface area contributed by atoms with Gasteiger partial charge in [-0.3, -0.25) is 14.7 Å². The van der Waals surface area contributed by atoms with Crippen molar-refractivity contribution in [2.24, 2.45) is 5.92 Å². The standard InChI is InChI=1S/C27H34F3N3O/c1-19-7-12-24(26(34)31-17-20-5-3-2-4-6-20)25(32-19)22-13-15-33(16-14-22)18-21-8-10-23(11-9-21)27(28,29)30/h7-12,20,22H,2-6,13-18H2,1H3,(H,31,34). The number of alkyl halides is 3. The fourth-order valence-corrected chi connectivity index (χ4v) is 5.23. The third-order valence-electron chi connectivity index (χ3n) is 7.25. The Morgan fingerprint density at radius 2 is 1.68 bits per heavy atom.